The molecule has 1 N–H and O–H groups in total. The van der Waals surface area contributed by atoms with Gasteiger partial charge in [0.2, 0.25) is 0 Å². The second-order valence-electron chi connectivity index (χ2n) is 10.8. The van der Waals surface area contributed by atoms with E-state index in [4.69, 9.17) is 14.0 Å². The Morgan fingerprint density at radius 2 is 1.47 bits per heavy atom. The summed E-state index contributed by atoms with van der Waals surface area (Å²) in [7, 11) is -0.575. The Balaban J connectivity index is 1.29. The number of nitrogens with one attached hydrogen (secondary N) is 1. The standard InChI is InChI=1S/C31H34BNO4S/c1-30(2)31(3,4)37-32(36-30)22(18-21-14-16-23(38-5)17-15-21)19-33-29(34)35-20-28-26-12-8-6-10-24(26)25-11-7-9-13-27(25)28/h6-18,28H,19-20H2,1-5H3,(H,33,34). The second kappa shape index (κ2) is 10.6. The number of amides is 1. The normalized spacial score (nSPS) is 17.7. The Hall–Kier alpha value is -3.00. The van der Waals surface area contributed by atoms with Gasteiger partial charge in [-0.05, 0) is 79.4 Å². The number of alkyl carbamates (subject to hydrolysis) is 1. The number of fused-ring (bicyclic) bond motifs is 3. The Morgan fingerprint density at radius 3 is 2.03 bits per heavy atom. The van der Waals surface area contributed by atoms with Crippen LogP contribution in [0.3, 0.4) is 0 Å². The molecular formula is C31H34BNO4S. The Morgan fingerprint density at radius 1 is 0.921 bits per heavy atom. The van der Waals surface area contributed by atoms with Crippen LogP contribution in [0, 0.1) is 0 Å². The molecule has 38 heavy (non-hydrogen) atoms. The van der Waals surface area contributed by atoms with Crippen molar-refractivity contribution in [3.8, 4) is 11.1 Å². The number of carbonyl (C=O) groups is 1. The minimum Gasteiger partial charge on any atom is -0.449 e. The zero-order valence-electron chi connectivity index (χ0n) is 22.6. The highest BCUT2D eigenvalue weighted by molar-refractivity contribution is 7.98. The number of hydrogen-bond donors (Lipinski definition) is 1. The van der Waals surface area contributed by atoms with Crippen molar-refractivity contribution >= 4 is 31.0 Å². The third-order valence-electron chi connectivity index (χ3n) is 7.80. The predicted octanol–water partition coefficient (Wildman–Crippen LogP) is 6.96. The summed E-state index contributed by atoms with van der Waals surface area (Å²) in [6.45, 7) is 8.62. The first-order valence-corrected chi connectivity index (χ1v) is 14.2. The lowest BCUT2D eigenvalue weighted by Crippen LogP contribution is -2.41. The van der Waals surface area contributed by atoms with E-state index in [-0.39, 0.29) is 19.1 Å². The van der Waals surface area contributed by atoms with E-state index in [2.05, 4.69) is 60.1 Å². The molecule has 0 bridgehead atoms. The third kappa shape index (κ3) is 5.28. The van der Waals surface area contributed by atoms with Gasteiger partial charge in [-0.1, -0.05) is 66.7 Å². The van der Waals surface area contributed by atoms with Crippen molar-refractivity contribution in [2.45, 2.75) is 49.7 Å². The molecule has 2 aliphatic rings. The molecule has 0 aromatic heterocycles. The molecule has 3 aromatic carbocycles. The molecule has 0 spiro atoms. The smallest absolute Gasteiger partial charge is 0.449 e. The fraction of sp³-hybridized carbons (Fsp3) is 0.323. The quantitative estimate of drug-likeness (QED) is 0.266. The van der Waals surface area contributed by atoms with Crippen LogP contribution in [0.15, 0.2) is 83.2 Å². The maximum atomic E-state index is 12.9. The van der Waals surface area contributed by atoms with E-state index in [9.17, 15) is 4.79 Å². The van der Waals surface area contributed by atoms with Gasteiger partial charge >= 0.3 is 13.2 Å². The lowest BCUT2D eigenvalue weighted by atomic mass is 9.77. The fourth-order valence-electron chi connectivity index (χ4n) is 4.93. The number of benzene rings is 3. The molecule has 7 heteroatoms. The minimum absolute atomic E-state index is 0.0150. The van der Waals surface area contributed by atoms with Gasteiger partial charge in [0.1, 0.15) is 6.61 Å². The van der Waals surface area contributed by atoms with Crippen molar-refractivity contribution in [1.29, 1.82) is 0 Å². The summed E-state index contributed by atoms with van der Waals surface area (Å²) >= 11 is 1.70. The van der Waals surface area contributed by atoms with Gasteiger partial charge in [0.05, 0.1) is 11.2 Å². The van der Waals surface area contributed by atoms with Crippen LogP contribution in [0.5, 0.6) is 0 Å². The first-order chi connectivity index (χ1) is 18.2. The third-order valence-corrected chi connectivity index (χ3v) is 8.55. The molecule has 1 fully saturated rings. The number of ether oxygens (including phenoxy) is 1. The van der Waals surface area contributed by atoms with Crippen LogP contribution >= 0.6 is 11.8 Å². The monoisotopic (exact) mass is 527 g/mol. The first-order valence-electron chi connectivity index (χ1n) is 13.0. The molecule has 0 saturated carbocycles. The molecule has 1 amide bonds. The van der Waals surface area contributed by atoms with E-state index >= 15 is 0 Å². The van der Waals surface area contributed by atoms with Crippen molar-refractivity contribution in [1.82, 2.24) is 5.32 Å². The minimum atomic E-state index is -0.575. The predicted molar refractivity (Wildman–Crippen MR) is 155 cm³/mol. The zero-order chi connectivity index (χ0) is 26.9. The van der Waals surface area contributed by atoms with E-state index in [1.165, 1.54) is 27.1 Å². The fourth-order valence-corrected chi connectivity index (χ4v) is 5.34. The zero-order valence-corrected chi connectivity index (χ0v) is 23.4. The van der Waals surface area contributed by atoms with E-state index in [0.29, 0.717) is 0 Å². The van der Waals surface area contributed by atoms with Crippen LogP contribution in [0.2, 0.25) is 0 Å². The Labute approximate surface area is 230 Å². The molecule has 1 aliphatic heterocycles. The van der Waals surface area contributed by atoms with Crippen molar-refractivity contribution in [2.75, 3.05) is 19.4 Å². The van der Waals surface area contributed by atoms with Gasteiger partial charge in [-0.25, -0.2) is 4.79 Å². The summed E-state index contributed by atoms with van der Waals surface area (Å²) < 4.78 is 18.4. The summed E-state index contributed by atoms with van der Waals surface area (Å²) in [5.74, 6) is 0.0150. The van der Waals surface area contributed by atoms with E-state index in [1.807, 2.05) is 58.0 Å². The number of rotatable bonds is 7. The van der Waals surface area contributed by atoms with E-state index in [0.717, 1.165) is 11.0 Å². The van der Waals surface area contributed by atoms with Crippen molar-refractivity contribution in [3.05, 3.63) is 95.0 Å². The average molecular weight is 527 g/mol. The maximum Gasteiger partial charge on any atom is 0.492 e. The molecule has 5 rings (SSSR count). The molecule has 3 aromatic rings. The number of hydrogen-bond acceptors (Lipinski definition) is 5. The van der Waals surface area contributed by atoms with Gasteiger partial charge in [0.15, 0.2) is 0 Å². The molecule has 196 valence electrons. The van der Waals surface area contributed by atoms with Crippen LogP contribution in [-0.2, 0) is 14.0 Å². The second-order valence-corrected chi connectivity index (χ2v) is 11.6. The van der Waals surface area contributed by atoms with Crippen LogP contribution < -0.4 is 5.32 Å². The van der Waals surface area contributed by atoms with Crippen LogP contribution in [0.1, 0.15) is 50.3 Å². The van der Waals surface area contributed by atoms with Crippen LogP contribution in [0.4, 0.5) is 4.79 Å². The molecule has 1 aliphatic carbocycles. The highest BCUT2D eigenvalue weighted by Crippen LogP contribution is 2.44. The van der Waals surface area contributed by atoms with Crippen molar-refractivity contribution in [2.24, 2.45) is 0 Å². The SMILES string of the molecule is CSc1ccc(C=C(CNC(=O)OCC2c3ccccc3-c3ccccc32)B2OC(C)(C)C(C)(C)O2)cc1. The van der Waals surface area contributed by atoms with E-state index < -0.39 is 24.4 Å². The van der Waals surface area contributed by atoms with Gasteiger partial charge in [-0.2, -0.15) is 0 Å². The number of thioether (sulfide) groups is 1. The first kappa shape index (κ1) is 26.6. The lowest BCUT2D eigenvalue weighted by molar-refractivity contribution is 0.00578. The molecule has 5 nitrogen and oxygen atoms in total. The highest BCUT2D eigenvalue weighted by Gasteiger charge is 2.52. The van der Waals surface area contributed by atoms with Crippen molar-refractivity contribution < 1.29 is 18.8 Å². The van der Waals surface area contributed by atoms with Crippen molar-refractivity contribution in [3.63, 3.8) is 0 Å². The molecule has 1 saturated heterocycles. The van der Waals surface area contributed by atoms with Crippen LogP contribution in [0.25, 0.3) is 17.2 Å². The summed E-state index contributed by atoms with van der Waals surface area (Å²) in [5.41, 5.74) is 5.66. The molecule has 0 unspecified atom stereocenters. The highest BCUT2D eigenvalue weighted by atomic mass is 32.2. The summed E-state index contributed by atoms with van der Waals surface area (Å²) in [4.78, 5) is 14.1. The van der Waals surface area contributed by atoms with Gasteiger partial charge < -0.3 is 19.4 Å². The van der Waals surface area contributed by atoms with Gasteiger partial charge in [0, 0.05) is 17.4 Å². The lowest BCUT2D eigenvalue weighted by Gasteiger charge is -2.32. The average Bonchev–Trinajstić information content (AvgIpc) is 3.34. The topological polar surface area (TPSA) is 56.8 Å². The summed E-state index contributed by atoms with van der Waals surface area (Å²) in [6.07, 6.45) is 3.61. The molecule has 1 heterocycles. The Kier molecular flexibility index (Phi) is 7.45. The van der Waals surface area contributed by atoms with Gasteiger partial charge in [-0.15, -0.1) is 11.8 Å². The van der Waals surface area contributed by atoms with E-state index in [1.54, 1.807) is 11.8 Å². The number of carbonyl (C=O) groups excluding carboxylic acids is 1. The molecular weight excluding hydrogens is 493 g/mol. The van der Waals surface area contributed by atoms with Gasteiger partial charge in [-0.3, -0.25) is 0 Å². The summed E-state index contributed by atoms with van der Waals surface area (Å²) in [5, 5.41) is 2.94. The summed E-state index contributed by atoms with van der Waals surface area (Å²) in [6, 6.07) is 24.9. The Bertz CT molecular complexity index is 1290. The largest absolute Gasteiger partial charge is 0.492 e. The molecule has 0 radical (unpaired) electrons. The molecule has 0 atom stereocenters. The van der Waals surface area contributed by atoms with Gasteiger partial charge in [0.25, 0.3) is 0 Å². The maximum absolute atomic E-state index is 12.9. The van der Waals surface area contributed by atoms with Crippen LogP contribution in [-0.4, -0.2) is 43.8 Å².